The second-order valence-corrected chi connectivity index (χ2v) is 4.77. The van der Waals surface area contributed by atoms with Gasteiger partial charge in [-0.15, -0.1) is 0 Å². The van der Waals surface area contributed by atoms with Gasteiger partial charge in [-0.25, -0.2) is 4.98 Å². The van der Waals surface area contributed by atoms with Crippen LogP contribution in [0.1, 0.15) is 27.0 Å². The summed E-state index contributed by atoms with van der Waals surface area (Å²) < 4.78 is 0. The molecule has 0 aliphatic carbocycles. The van der Waals surface area contributed by atoms with E-state index in [1.807, 2.05) is 32.0 Å². The first-order chi connectivity index (χ1) is 10.1. The number of carbonyl (C=O) groups excluding carboxylic acids is 1. The molecule has 2 aromatic rings. The van der Waals surface area contributed by atoms with E-state index in [1.54, 1.807) is 18.3 Å². The first-order valence-electron chi connectivity index (χ1n) is 6.63. The smallest absolute Gasteiger partial charge is 0.256 e. The Labute approximate surface area is 124 Å². The predicted octanol–water partition coefficient (Wildman–Crippen LogP) is 2.26. The van der Waals surface area contributed by atoms with E-state index in [2.05, 4.69) is 22.1 Å². The van der Waals surface area contributed by atoms with Crippen LogP contribution in [0.25, 0.3) is 0 Å². The van der Waals surface area contributed by atoms with Gasteiger partial charge in [0.05, 0.1) is 6.54 Å². The van der Waals surface area contributed by atoms with Crippen LogP contribution in [-0.4, -0.2) is 17.4 Å². The highest BCUT2D eigenvalue weighted by molar-refractivity contribution is 6.04. The molecule has 0 saturated heterocycles. The molecule has 1 amide bonds. The third-order valence-corrected chi connectivity index (χ3v) is 2.83. The van der Waals surface area contributed by atoms with E-state index in [0.29, 0.717) is 17.9 Å². The fourth-order valence-corrected chi connectivity index (χ4v) is 1.87. The van der Waals surface area contributed by atoms with Crippen LogP contribution in [0.15, 0.2) is 36.5 Å². The van der Waals surface area contributed by atoms with Crippen LogP contribution < -0.4 is 11.1 Å². The van der Waals surface area contributed by atoms with Crippen molar-refractivity contribution in [1.82, 2.24) is 4.98 Å². The zero-order valence-electron chi connectivity index (χ0n) is 12.1. The van der Waals surface area contributed by atoms with E-state index in [4.69, 9.17) is 5.73 Å². The molecule has 1 aromatic heterocycles. The van der Waals surface area contributed by atoms with Crippen molar-refractivity contribution in [2.75, 3.05) is 11.9 Å². The van der Waals surface area contributed by atoms with Crippen molar-refractivity contribution in [1.29, 1.82) is 0 Å². The summed E-state index contributed by atoms with van der Waals surface area (Å²) in [5.74, 6) is 6.06. The Morgan fingerprint density at radius 1 is 1.24 bits per heavy atom. The van der Waals surface area contributed by atoms with E-state index >= 15 is 0 Å². The lowest BCUT2D eigenvalue weighted by Crippen LogP contribution is -2.13. The number of carbonyl (C=O) groups is 1. The van der Waals surface area contributed by atoms with Crippen molar-refractivity contribution in [2.45, 2.75) is 13.8 Å². The molecule has 1 aromatic carbocycles. The number of benzene rings is 1. The maximum atomic E-state index is 12.3. The average Bonchev–Trinajstić information content (AvgIpc) is 2.47. The Bertz CT molecular complexity index is 709. The van der Waals surface area contributed by atoms with Gasteiger partial charge in [-0.1, -0.05) is 17.9 Å². The largest absolute Gasteiger partial charge is 0.320 e. The number of nitrogens with two attached hydrogens (primary N) is 1. The van der Waals surface area contributed by atoms with Crippen LogP contribution >= 0.6 is 0 Å². The molecule has 0 saturated carbocycles. The van der Waals surface area contributed by atoms with Crippen molar-refractivity contribution in [2.24, 2.45) is 5.73 Å². The number of anilines is 1. The van der Waals surface area contributed by atoms with Gasteiger partial charge < -0.3 is 11.1 Å². The lowest BCUT2D eigenvalue weighted by Gasteiger charge is -2.06. The minimum atomic E-state index is -0.203. The molecular weight excluding hydrogens is 262 g/mol. The van der Waals surface area contributed by atoms with Crippen molar-refractivity contribution in [3.05, 3.63) is 58.8 Å². The number of aromatic nitrogens is 1. The monoisotopic (exact) mass is 279 g/mol. The Balaban J connectivity index is 2.22. The molecule has 4 heteroatoms. The first-order valence-corrected chi connectivity index (χ1v) is 6.63. The summed E-state index contributed by atoms with van der Waals surface area (Å²) in [6, 6.07) is 9.16. The van der Waals surface area contributed by atoms with Crippen LogP contribution in [0.4, 0.5) is 5.82 Å². The van der Waals surface area contributed by atoms with E-state index in [-0.39, 0.29) is 5.91 Å². The summed E-state index contributed by atoms with van der Waals surface area (Å²) in [5, 5.41) is 2.77. The van der Waals surface area contributed by atoms with Gasteiger partial charge in [-0.2, -0.15) is 0 Å². The Hall–Kier alpha value is -2.64. The molecule has 2 rings (SSSR count). The summed E-state index contributed by atoms with van der Waals surface area (Å²) in [4.78, 5) is 16.4. The summed E-state index contributed by atoms with van der Waals surface area (Å²) in [6.45, 7) is 4.17. The number of amides is 1. The number of nitrogens with zero attached hydrogens (tertiary/aromatic N) is 1. The summed E-state index contributed by atoms with van der Waals surface area (Å²) in [5.41, 5.74) is 8.72. The van der Waals surface area contributed by atoms with Crippen molar-refractivity contribution >= 4 is 11.7 Å². The third kappa shape index (κ3) is 4.16. The van der Waals surface area contributed by atoms with E-state index in [0.717, 1.165) is 16.7 Å². The summed E-state index contributed by atoms with van der Waals surface area (Å²) >= 11 is 0. The predicted molar refractivity (Wildman–Crippen MR) is 84.0 cm³/mol. The Kier molecular flexibility index (Phi) is 4.70. The van der Waals surface area contributed by atoms with Gasteiger partial charge in [0.1, 0.15) is 5.82 Å². The molecular formula is C17H17N3O. The standard InChI is InChI=1S/C17H17N3O/c1-12-5-6-16(19-11-12)20-17(21)15-9-13(2)8-14(10-15)4-3-7-18/h5-6,8-11H,7,18H2,1-2H3,(H,19,20,21). The van der Waals surface area contributed by atoms with Gasteiger partial charge in [-0.3, -0.25) is 4.79 Å². The molecule has 0 aliphatic rings. The van der Waals surface area contributed by atoms with Crippen LogP contribution in [0.5, 0.6) is 0 Å². The van der Waals surface area contributed by atoms with Crippen LogP contribution in [0, 0.1) is 25.7 Å². The fraction of sp³-hybridized carbons (Fsp3) is 0.176. The van der Waals surface area contributed by atoms with Gasteiger partial charge in [-0.05, 0) is 49.2 Å². The number of aryl methyl sites for hydroxylation is 2. The number of pyridine rings is 1. The van der Waals surface area contributed by atoms with Gasteiger partial charge in [0.2, 0.25) is 0 Å². The Morgan fingerprint density at radius 3 is 2.71 bits per heavy atom. The summed E-state index contributed by atoms with van der Waals surface area (Å²) in [7, 11) is 0. The zero-order valence-corrected chi connectivity index (χ0v) is 12.1. The van der Waals surface area contributed by atoms with E-state index < -0.39 is 0 Å². The molecule has 21 heavy (non-hydrogen) atoms. The molecule has 3 N–H and O–H groups in total. The van der Waals surface area contributed by atoms with Gasteiger partial charge in [0.15, 0.2) is 0 Å². The molecule has 106 valence electrons. The molecule has 1 heterocycles. The first kappa shape index (κ1) is 14.8. The number of nitrogens with one attached hydrogen (secondary N) is 1. The second kappa shape index (κ2) is 6.69. The fourth-order valence-electron chi connectivity index (χ4n) is 1.87. The van der Waals surface area contributed by atoms with E-state index in [9.17, 15) is 4.79 Å². The second-order valence-electron chi connectivity index (χ2n) is 4.77. The number of rotatable bonds is 2. The van der Waals surface area contributed by atoms with Gasteiger partial charge in [0.25, 0.3) is 5.91 Å². The molecule has 0 radical (unpaired) electrons. The molecule has 0 bridgehead atoms. The van der Waals surface area contributed by atoms with Crippen molar-refractivity contribution < 1.29 is 4.79 Å². The lowest BCUT2D eigenvalue weighted by atomic mass is 10.1. The maximum absolute atomic E-state index is 12.3. The third-order valence-electron chi connectivity index (χ3n) is 2.83. The topological polar surface area (TPSA) is 68.0 Å². The minimum Gasteiger partial charge on any atom is -0.320 e. The quantitative estimate of drug-likeness (QED) is 0.829. The normalized spacial score (nSPS) is 9.67. The highest BCUT2D eigenvalue weighted by Crippen LogP contribution is 2.12. The zero-order chi connectivity index (χ0) is 15.2. The molecule has 0 fully saturated rings. The van der Waals surface area contributed by atoms with Crippen LogP contribution in [0.3, 0.4) is 0 Å². The molecule has 0 spiro atoms. The molecule has 0 atom stereocenters. The Morgan fingerprint density at radius 2 is 2.05 bits per heavy atom. The average molecular weight is 279 g/mol. The molecule has 0 unspecified atom stereocenters. The SMILES string of the molecule is Cc1ccc(NC(=O)c2cc(C)cc(C#CCN)c2)nc1. The molecule has 0 aliphatic heterocycles. The van der Waals surface area contributed by atoms with E-state index in [1.165, 1.54) is 0 Å². The highest BCUT2D eigenvalue weighted by atomic mass is 16.1. The lowest BCUT2D eigenvalue weighted by molar-refractivity contribution is 0.102. The maximum Gasteiger partial charge on any atom is 0.256 e. The minimum absolute atomic E-state index is 0.203. The van der Waals surface area contributed by atoms with Crippen LogP contribution in [-0.2, 0) is 0 Å². The van der Waals surface area contributed by atoms with Gasteiger partial charge in [0, 0.05) is 17.3 Å². The van der Waals surface area contributed by atoms with Gasteiger partial charge >= 0.3 is 0 Å². The van der Waals surface area contributed by atoms with Crippen molar-refractivity contribution in [3.8, 4) is 11.8 Å². The molecule has 4 nitrogen and oxygen atoms in total. The number of hydrogen-bond acceptors (Lipinski definition) is 3. The van der Waals surface area contributed by atoms with Crippen molar-refractivity contribution in [3.63, 3.8) is 0 Å². The van der Waals surface area contributed by atoms with Crippen LogP contribution in [0.2, 0.25) is 0 Å². The number of hydrogen-bond donors (Lipinski definition) is 2. The highest BCUT2D eigenvalue weighted by Gasteiger charge is 2.08. The summed E-state index contributed by atoms with van der Waals surface area (Å²) in [6.07, 6.45) is 1.71.